The van der Waals surface area contributed by atoms with Crippen LogP contribution in [0.1, 0.15) is 35.7 Å². The van der Waals surface area contributed by atoms with E-state index in [-0.39, 0.29) is 6.42 Å². The highest BCUT2D eigenvalue weighted by Gasteiger charge is 2.19. The zero-order valence-electron chi connectivity index (χ0n) is 12.2. The quantitative estimate of drug-likeness (QED) is 0.909. The number of rotatable bonds is 5. The van der Waals surface area contributed by atoms with E-state index in [1.165, 1.54) is 15.9 Å². The summed E-state index contributed by atoms with van der Waals surface area (Å²) in [5, 5.41) is 9.65. The molecule has 0 spiro atoms. The van der Waals surface area contributed by atoms with Crippen molar-refractivity contribution in [3.63, 3.8) is 0 Å². The van der Waals surface area contributed by atoms with Crippen LogP contribution in [-0.4, -0.2) is 25.6 Å². The number of carbonyl (C=O) groups is 1. The molecule has 0 aromatic carbocycles. The summed E-state index contributed by atoms with van der Waals surface area (Å²) >= 11 is 1.39. The summed E-state index contributed by atoms with van der Waals surface area (Å²) in [5.41, 5.74) is 1.47. The van der Waals surface area contributed by atoms with Crippen LogP contribution < -0.4 is 5.69 Å². The van der Waals surface area contributed by atoms with Crippen LogP contribution in [0.2, 0.25) is 0 Å². The van der Waals surface area contributed by atoms with Crippen molar-refractivity contribution in [2.24, 2.45) is 0 Å². The van der Waals surface area contributed by atoms with Gasteiger partial charge in [-0.1, -0.05) is 13.8 Å². The molecule has 2 heterocycles. The van der Waals surface area contributed by atoms with Gasteiger partial charge >= 0.3 is 11.7 Å². The van der Waals surface area contributed by atoms with Gasteiger partial charge in [0.25, 0.3) is 0 Å². The molecular formula is C14H17N3O3S. The van der Waals surface area contributed by atoms with Gasteiger partial charge in [0.05, 0.1) is 12.1 Å². The molecule has 21 heavy (non-hydrogen) atoms. The first-order chi connectivity index (χ1) is 9.97. The molecular weight excluding hydrogens is 290 g/mol. The SMILES string of the molecule is CCc1nc(=O)n(-c2ncc(C)s2)c(CC)c1CC(=O)O. The molecule has 0 unspecified atom stereocenters. The lowest BCUT2D eigenvalue weighted by Crippen LogP contribution is -2.29. The van der Waals surface area contributed by atoms with E-state index >= 15 is 0 Å². The standard InChI is InChI=1S/C14H17N3O3S/c1-4-10-9(6-12(18)19)11(5-2)17(13(20)16-10)14-15-7-8(3)21-14/h7H,4-6H2,1-3H3,(H,18,19). The van der Waals surface area contributed by atoms with Crippen LogP contribution in [0.3, 0.4) is 0 Å². The predicted molar refractivity (Wildman–Crippen MR) is 80.3 cm³/mol. The van der Waals surface area contributed by atoms with E-state index in [1.54, 1.807) is 6.20 Å². The van der Waals surface area contributed by atoms with Crippen molar-refractivity contribution in [1.29, 1.82) is 0 Å². The number of aryl methyl sites for hydroxylation is 2. The normalized spacial score (nSPS) is 10.8. The number of carboxylic acid groups (broad SMARTS) is 1. The Morgan fingerprint density at radius 2 is 2.10 bits per heavy atom. The van der Waals surface area contributed by atoms with Gasteiger partial charge in [-0.3, -0.25) is 4.79 Å². The number of aromatic nitrogens is 3. The maximum atomic E-state index is 12.3. The van der Waals surface area contributed by atoms with Crippen molar-refractivity contribution < 1.29 is 9.90 Å². The molecule has 0 aliphatic carbocycles. The van der Waals surface area contributed by atoms with Gasteiger partial charge < -0.3 is 5.11 Å². The summed E-state index contributed by atoms with van der Waals surface area (Å²) in [7, 11) is 0. The Hall–Kier alpha value is -2.02. The smallest absolute Gasteiger partial charge is 0.354 e. The van der Waals surface area contributed by atoms with Crippen LogP contribution in [-0.2, 0) is 24.1 Å². The van der Waals surface area contributed by atoms with Gasteiger partial charge in [-0.25, -0.2) is 14.3 Å². The van der Waals surface area contributed by atoms with Gasteiger partial charge in [-0.15, -0.1) is 11.3 Å². The van der Waals surface area contributed by atoms with E-state index in [0.717, 1.165) is 4.88 Å². The summed E-state index contributed by atoms with van der Waals surface area (Å²) in [6.07, 6.45) is 2.63. The van der Waals surface area contributed by atoms with Crippen LogP contribution in [0.4, 0.5) is 0 Å². The van der Waals surface area contributed by atoms with Crippen LogP contribution in [0.15, 0.2) is 11.0 Å². The fourth-order valence-electron chi connectivity index (χ4n) is 2.31. The van der Waals surface area contributed by atoms with Crippen LogP contribution >= 0.6 is 11.3 Å². The van der Waals surface area contributed by atoms with Crippen LogP contribution in [0.5, 0.6) is 0 Å². The third kappa shape index (κ3) is 3.02. The minimum absolute atomic E-state index is 0.135. The second-order valence-electron chi connectivity index (χ2n) is 4.63. The second-order valence-corrected chi connectivity index (χ2v) is 5.85. The minimum Gasteiger partial charge on any atom is -0.481 e. The summed E-state index contributed by atoms with van der Waals surface area (Å²) in [6.45, 7) is 5.67. The van der Waals surface area contributed by atoms with Crippen molar-refractivity contribution in [2.75, 3.05) is 0 Å². The van der Waals surface area contributed by atoms with E-state index in [0.29, 0.717) is 34.9 Å². The summed E-state index contributed by atoms with van der Waals surface area (Å²) < 4.78 is 1.44. The van der Waals surface area contributed by atoms with Crippen molar-refractivity contribution in [2.45, 2.75) is 40.0 Å². The minimum atomic E-state index is -0.929. The number of nitrogens with zero attached hydrogens (tertiary/aromatic N) is 3. The Morgan fingerprint density at radius 3 is 2.57 bits per heavy atom. The monoisotopic (exact) mass is 307 g/mol. The molecule has 2 aromatic heterocycles. The van der Waals surface area contributed by atoms with Gasteiger partial charge in [0.1, 0.15) is 0 Å². The number of hydrogen-bond donors (Lipinski definition) is 1. The third-order valence-corrected chi connectivity index (χ3v) is 4.08. The van der Waals surface area contributed by atoms with Gasteiger partial charge in [0.2, 0.25) is 0 Å². The Labute approximate surface area is 126 Å². The third-order valence-electron chi connectivity index (χ3n) is 3.19. The Balaban J connectivity index is 2.75. The predicted octanol–water partition coefficient (Wildman–Crippen LogP) is 1.75. The summed E-state index contributed by atoms with van der Waals surface area (Å²) in [4.78, 5) is 32.7. The zero-order chi connectivity index (χ0) is 15.6. The van der Waals surface area contributed by atoms with Crippen molar-refractivity contribution in [3.8, 4) is 5.13 Å². The lowest BCUT2D eigenvalue weighted by atomic mass is 10.0. The largest absolute Gasteiger partial charge is 0.481 e. The van der Waals surface area contributed by atoms with Gasteiger partial charge in [-0.2, -0.15) is 4.98 Å². The topological polar surface area (TPSA) is 85.1 Å². The lowest BCUT2D eigenvalue weighted by molar-refractivity contribution is -0.136. The highest BCUT2D eigenvalue weighted by molar-refractivity contribution is 7.14. The van der Waals surface area contributed by atoms with Crippen molar-refractivity contribution in [3.05, 3.63) is 38.5 Å². The van der Waals surface area contributed by atoms with E-state index in [2.05, 4.69) is 9.97 Å². The molecule has 2 aromatic rings. The van der Waals surface area contributed by atoms with Crippen LogP contribution in [0.25, 0.3) is 5.13 Å². The maximum Gasteiger partial charge on any atom is 0.354 e. The molecule has 0 aliphatic heterocycles. The average molecular weight is 307 g/mol. The number of carboxylic acids is 1. The molecule has 0 amide bonds. The van der Waals surface area contributed by atoms with Gasteiger partial charge in [0, 0.05) is 22.3 Å². The molecule has 2 rings (SSSR count). The first-order valence-electron chi connectivity index (χ1n) is 6.76. The van der Waals surface area contributed by atoms with Gasteiger partial charge in [-0.05, 0) is 19.8 Å². The highest BCUT2D eigenvalue weighted by atomic mass is 32.1. The van der Waals surface area contributed by atoms with Crippen molar-refractivity contribution in [1.82, 2.24) is 14.5 Å². The zero-order valence-corrected chi connectivity index (χ0v) is 13.0. The number of hydrogen-bond acceptors (Lipinski definition) is 5. The molecule has 0 atom stereocenters. The summed E-state index contributed by atoms with van der Waals surface area (Å²) in [5.74, 6) is -0.929. The first kappa shape index (κ1) is 15.4. The van der Waals surface area contributed by atoms with Crippen molar-refractivity contribution >= 4 is 17.3 Å². The molecule has 112 valence electrons. The maximum absolute atomic E-state index is 12.3. The average Bonchev–Trinajstić information content (AvgIpc) is 2.85. The first-order valence-corrected chi connectivity index (χ1v) is 7.57. The Kier molecular flexibility index (Phi) is 4.52. The second kappa shape index (κ2) is 6.17. The Morgan fingerprint density at radius 1 is 1.38 bits per heavy atom. The number of thiazole rings is 1. The van der Waals surface area contributed by atoms with E-state index in [4.69, 9.17) is 5.11 Å². The number of aliphatic carboxylic acids is 1. The fraction of sp³-hybridized carbons (Fsp3) is 0.429. The fourth-order valence-corrected chi connectivity index (χ4v) is 3.09. The van der Waals surface area contributed by atoms with Crippen LogP contribution in [0, 0.1) is 6.92 Å². The molecule has 0 saturated carbocycles. The molecule has 6 nitrogen and oxygen atoms in total. The molecule has 1 N–H and O–H groups in total. The lowest BCUT2D eigenvalue weighted by Gasteiger charge is -2.15. The highest BCUT2D eigenvalue weighted by Crippen LogP contribution is 2.20. The van der Waals surface area contributed by atoms with Gasteiger partial charge in [0.15, 0.2) is 5.13 Å². The molecule has 0 fully saturated rings. The Bertz CT molecular complexity index is 734. The molecule has 0 radical (unpaired) electrons. The summed E-state index contributed by atoms with van der Waals surface area (Å²) in [6, 6.07) is 0. The molecule has 0 aliphatic rings. The molecule has 7 heteroatoms. The van der Waals surface area contributed by atoms with E-state index in [9.17, 15) is 9.59 Å². The molecule has 0 saturated heterocycles. The molecule has 0 bridgehead atoms. The van der Waals surface area contributed by atoms with E-state index in [1.807, 2.05) is 20.8 Å². The van der Waals surface area contributed by atoms with E-state index < -0.39 is 11.7 Å².